The fourth-order valence-electron chi connectivity index (χ4n) is 2.97. The van der Waals surface area contributed by atoms with Gasteiger partial charge in [-0.25, -0.2) is 4.99 Å². The number of nitrogens with one attached hydrogen (secondary N) is 1. The zero-order valence-electron chi connectivity index (χ0n) is 16.9. The lowest BCUT2D eigenvalue weighted by atomic mass is 10.3. The van der Waals surface area contributed by atoms with Crippen LogP contribution in [0.25, 0.3) is 0 Å². The van der Waals surface area contributed by atoms with Gasteiger partial charge in [0.1, 0.15) is 18.6 Å². The number of piperazine rings is 1. The average molecular weight is 516 g/mol. The first kappa shape index (κ1) is 23.2. The monoisotopic (exact) mass is 516 g/mol. The van der Waals surface area contributed by atoms with Crippen molar-refractivity contribution >= 4 is 35.8 Å². The minimum absolute atomic E-state index is 0. The number of hydrogen-bond acceptors (Lipinski definition) is 6. The van der Waals surface area contributed by atoms with Crippen LogP contribution in [0.5, 0.6) is 0 Å². The van der Waals surface area contributed by atoms with E-state index in [0.29, 0.717) is 6.54 Å². The quantitative estimate of drug-likeness (QED) is 0.337. The molecule has 0 bridgehead atoms. The summed E-state index contributed by atoms with van der Waals surface area (Å²) in [6.45, 7) is 5.07. The van der Waals surface area contributed by atoms with Gasteiger partial charge < -0.3 is 24.1 Å². The highest BCUT2D eigenvalue weighted by molar-refractivity contribution is 14.0. The van der Waals surface area contributed by atoms with Crippen molar-refractivity contribution in [3.8, 4) is 0 Å². The third-order valence-corrected chi connectivity index (χ3v) is 4.65. The third kappa shape index (κ3) is 7.35. The molecule has 160 valence electrons. The van der Waals surface area contributed by atoms with E-state index in [1.54, 1.807) is 31.5 Å². The Labute approximate surface area is 188 Å². The molecule has 0 aromatic carbocycles. The van der Waals surface area contributed by atoms with Gasteiger partial charge in [-0.05, 0) is 12.1 Å². The highest BCUT2D eigenvalue weighted by Crippen LogP contribution is 2.08. The van der Waals surface area contributed by atoms with Crippen LogP contribution in [0.4, 0.5) is 0 Å². The number of carbonyl (C=O) groups excluding carboxylic acids is 1. The summed E-state index contributed by atoms with van der Waals surface area (Å²) in [7, 11) is 3.48. The Morgan fingerprint density at radius 2 is 2.03 bits per heavy atom. The molecule has 1 aliphatic heterocycles. The Bertz CT molecular complexity index is 740. The summed E-state index contributed by atoms with van der Waals surface area (Å²) in [6.07, 6.45) is 4.04. The average Bonchev–Trinajstić information content (AvgIpc) is 3.39. The number of guanidine groups is 1. The Balaban J connectivity index is 0.00000300. The van der Waals surface area contributed by atoms with Crippen LogP contribution in [0, 0.1) is 0 Å². The van der Waals surface area contributed by atoms with Gasteiger partial charge in [-0.1, -0.05) is 5.16 Å². The van der Waals surface area contributed by atoms with Crippen LogP contribution >= 0.6 is 24.0 Å². The molecule has 10 heteroatoms. The van der Waals surface area contributed by atoms with Gasteiger partial charge in [0, 0.05) is 65.9 Å². The minimum atomic E-state index is -0.0185. The van der Waals surface area contributed by atoms with E-state index in [2.05, 4.69) is 25.3 Å². The molecule has 0 atom stereocenters. The van der Waals surface area contributed by atoms with Crippen molar-refractivity contribution in [1.82, 2.24) is 25.2 Å². The molecule has 0 spiro atoms. The van der Waals surface area contributed by atoms with Crippen molar-refractivity contribution in [3.05, 3.63) is 42.2 Å². The zero-order chi connectivity index (χ0) is 19.8. The highest BCUT2D eigenvalue weighted by Gasteiger charge is 2.21. The largest absolute Gasteiger partial charge is 0.469 e. The number of carbonyl (C=O) groups is 1. The van der Waals surface area contributed by atoms with Crippen molar-refractivity contribution < 1.29 is 13.7 Å². The molecule has 0 aliphatic carbocycles. The van der Waals surface area contributed by atoms with Crippen LogP contribution in [0.1, 0.15) is 11.5 Å². The summed E-state index contributed by atoms with van der Waals surface area (Å²) < 4.78 is 10.3. The standard InChI is InChI=1S/C19H28N6O3.HI/c1-23(2)18(26)14-21-19(20-7-5-17-4-3-12-27-17)25-10-8-24(9-11-25)15-16-6-13-28-22-16;/h3-4,6,12-13H,5,7-11,14-15H2,1-2H3,(H,20,21);1H. The fourth-order valence-corrected chi connectivity index (χ4v) is 2.97. The van der Waals surface area contributed by atoms with Gasteiger partial charge in [0.15, 0.2) is 5.96 Å². The predicted molar refractivity (Wildman–Crippen MR) is 120 cm³/mol. The van der Waals surface area contributed by atoms with E-state index in [-0.39, 0.29) is 36.4 Å². The van der Waals surface area contributed by atoms with Gasteiger partial charge in [0.2, 0.25) is 5.91 Å². The predicted octanol–water partition coefficient (Wildman–Crippen LogP) is 1.28. The SMILES string of the molecule is CN(C)C(=O)CN=C(NCCc1ccco1)N1CCN(Cc2ccon2)CC1.I. The third-order valence-electron chi connectivity index (χ3n) is 4.65. The first-order valence-corrected chi connectivity index (χ1v) is 9.49. The molecule has 1 aliphatic rings. The number of hydrogen-bond donors (Lipinski definition) is 1. The number of rotatable bonds is 7. The maximum atomic E-state index is 12.0. The molecule has 3 heterocycles. The molecule has 9 nitrogen and oxygen atoms in total. The van der Waals surface area contributed by atoms with Crippen LogP contribution < -0.4 is 5.32 Å². The first-order valence-electron chi connectivity index (χ1n) is 9.49. The second kappa shape index (κ2) is 11.8. The summed E-state index contributed by atoms with van der Waals surface area (Å²) in [4.78, 5) is 22.6. The lowest BCUT2D eigenvalue weighted by Gasteiger charge is -2.36. The van der Waals surface area contributed by atoms with Gasteiger partial charge in [0.05, 0.1) is 12.0 Å². The minimum Gasteiger partial charge on any atom is -0.469 e. The lowest BCUT2D eigenvalue weighted by molar-refractivity contribution is -0.127. The molecule has 0 unspecified atom stereocenters. The number of halogens is 1. The van der Waals surface area contributed by atoms with Crippen LogP contribution in [0.3, 0.4) is 0 Å². The Hall–Kier alpha value is -2.08. The molecule has 0 radical (unpaired) electrons. The van der Waals surface area contributed by atoms with Gasteiger partial charge in [-0.2, -0.15) is 0 Å². The molecule has 1 N–H and O–H groups in total. The molecule has 3 rings (SSSR count). The summed E-state index contributed by atoms with van der Waals surface area (Å²) >= 11 is 0. The normalized spacial score (nSPS) is 15.1. The van der Waals surface area contributed by atoms with E-state index in [9.17, 15) is 4.79 Å². The molecule has 2 aromatic heterocycles. The van der Waals surface area contributed by atoms with Crippen LogP contribution in [0.15, 0.2) is 44.7 Å². The first-order chi connectivity index (χ1) is 13.6. The number of nitrogens with zero attached hydrogens (tertiary/aromatic N) is 5. The van der Waals surface area contributed by atoms with E-state index in [1.165, 1.54) is 0 Å². The van der Waals surface area contributed by atoms with Gasteiger partial charge in [-0.3, -0.25) is 9.69 Å². The van der Waals surface area contributed by atoms with Crippen LogP contribution in [0.2, 0.25) is 0 Å². The molecule has 29 heavy (non-hydrogen) atoms. The number of likely N-dealkylation sites (N-methyl/N-ethyl adjacent to an activating group) is 1. The molecular weight excluding hydrogens is 487 g/mol. The molecular formula is C19H29IN6O3. The fraction of sp³-hybridized carbons (Fsp3) is 0.526. The Morgan fingerprint density at radius 1 is 1.24 bits per heavy atom. The zero-order valence-corrected chi connectivity index (χ0v) is 19.2. The number of furan rings is 1. The van der Waals surface area contributed by atoms with E-state index in [0.717, 1.165) is 56.6 Å². The smallest absolute Gasteiger partial charge is 0.243 e. The number of aromatic nitrogens is 1. The van der Waals surface area contributed by atoms with E-state index < -0.39 is 0 Å². The van der Waals surface area contributed by atoms with Crippen molar-refractivity contribution in [2.45, 2.75) is 13.0 Å². The van der Waals surface area contributed by atoms with Gasteiger partial charge in [0.25, 0.3) is 0 Å². The highest BCUT2D eigenvalue weighted by atomic mass is 127. The Kier molecular flexibility index (Phi) is 9.45. The van der Waals surface area contributed by atoms with Gasteiger partial charge in [-0.15, -0.1) is 24.0 Å². The van der Waals surface area contributed by atoms with Crippen molar-refractivity contribution in [2.75, 3.05) is 53.4 Å². The molecule has 1 fully saturated rings. The van der Waals surface area contributed by atoms with E-state index in [4.69, 9.17) is 8.94 Å². The molecule has 1 amide bonds. The maximum Gasteiger partial charge on any atom is 0.243 e. The van der Waals surface area contributed by atoms with Crippen LogP contribution in [-0.2, 0) is 17.8 Å². The van der Waals surface area contributed by atoms with Gasteiger partial charge >= 0.3 is 0 Å². The van der Waals surface area contributed by atoms with Crippen molar-refractivity contribution in [1.29, 1.82) is 0 Å². The van der Waals surface area contributed by atoms with Crippen molar-refractivity contribution in [3.63, 3.8) is 0 Å². The molecule has 0 saturated carbocycles. The van der Waals surface area contributed by atoms with E-state index in [1.807, 2.05) is 18.2 Å². The van der Waals surface area contributed by atoms with E-state index >= 15 is 0 Å². The summed E-state index contributed by atoms with van der Waals surface area (Å²) in [5.74, 6) is 1.67. The lowest BCUT2D eigenvalue weighted by Crippen LogP contribution is -2.52. The molecule has 2 aromatic rings. The van der Waals surface area contributed by atoms with Crippen LogP contribution in [-0.4, -0.2) is 85.1 Å². The number of aliphatic imine (C=N–C) groups is 1. The maximum absolute atomic E-state index is 12.0. The second-order valence-corrected chi connectivity index (χ2v) is 6.94. The topological polar surface area (TPSA) is 90.4 Å². The number of amides is 1. The summed E-state index contributed by atoms with van der Waals surface area (Å²) in [6, 6.07) is 5.73. The Morgan fingerprint density at radius 3 is 2.66 bits per heavy atom. The molecule has 1 saturated heterocycles. The summed E-state index contributed by atoms with van der Waals surface area (Å²) in [5, 5.41) is 7.36. The summed E-state index contributed by atoms with van der Waals surface area (Å²) in [5.41, 5.74) is 0.940. The second-order valence-electron chi connectivity index (χ2n) is 6.94. The van der Waals surface area contributed by atoms with Crippen molar-refractivity contribution in [2.24, 2.45) is 4.99 Å².